The van der Waals surface area contributed by atoms with Crippen molar-refractivity contribution < 1.29 is 0 Å². The predicted octanol–water partition coefficient (Wildman–Crippen LogP) is 5.47. The molecule has 0 amide bonds. The Labute approximate surface area is 160 Å². The molecule has 1 aromatic carbocycles. The number of nitrogens with zero attached hydrogens (tertiary/aromatic N) is 3. The van der Waals surface area contributed by atoms with E-state index in [1.54, 1.807) is 6.20 Å². The van der Waals surface area contributed by atoms with Crippen LogP contribution in [0.25, 0.3) is 17.0 Å². The van der Waals surface area contributed by atoms with Gasteiger partial charge in [0.1, 0.15) is 5.84 Å². The number of amidine groups is 1. The van der Waals surface area contributed by atoms with Crippen LogP contribution in [0.1, 0.15) is 43.6 Å². The number of rotatable bonds is 6. The lowest BCUT2D eigenvalue weighted by Crippen LogP contribution is -2.07. The van der Waals surface area contributed by atoms with Gasteiger partial charge in [0, 0.05) is 29.3 Å². The summed E-state index contributed by atoms with van der Waals surface area (Å²) in [5, 5.41) is 9.44. The van der Waals surface area contributed by atoms with E-state index in [2.05, 4.69) is 34.0 Å². The van der Waals surface area contributed by atoms with Crippen LogP contribution < -0.4 is 0 Å². The minimum Gasteiger partial charge on any atom is -0.287 e. The number of pyridine rings is 2. The summed E-state index contributed by atoms with van der Waals surface area (Å²) in [5.41, 5.74) is 4.76. The van der Waals surface area contributed by atoms with Crippen LogP contribution in [0.3, 0.4) is 0 Å². The van der Waals surface area contributed by atoms with Crippen molar-refractivity contribution in [2.45, 2.75) is 33.1 Å². The van der Waals surface area contributed by atoms with Gasteiger partial charge in [-0.15, -0.1) is 0 Å². The van der Waals surface area contributed by atoms with E-state index in [-0.39, 0.29) is 0 Å². The van der Waals surface area contributed by atoms with Crippen molar-refractivity contribution in [3.8, 4) is 0 Å². The van der Waals surface area contributed by atoms with E-state index in [9.17, 15) is 0 Å². The van der Waals surface area contributed by atoms with Gasteiger partial charge in [0.2, 0.25) is 0 Å². The second-order valence-corrected chi connectivity index (χ2v) is 6.29. The first-order valence-electron chi connectivity index (χ1n) is 9.29. The monoisotopic (exact) mass is 356 g/mol. The lowest BCUT2D eigenvalue weighted by atomic mass is 10.1. The van der Waals surface area contributed by atoms with E-state index in [4.69, 9.17) is 5.41 Å². The molecule has 3 aromatic rings. The van der Waals surface area contributed by atoms with Crippen LogP contribution in [0, 0.1) is 5.41 Å². The maximum absolute atomic E-state index is 8.30. The molecule has 0 fully saturated rings. The molecule has 0 aliphatic heterocycles. The van der Waals surface area contributed by atoms with Crippen molar-refractivity contribution in [1.82, 2.24) is 9.97 Å². The Morgan fingerprint density at radius 1 is 1.11 bits per heavy atom. The number of benzene rings is 1. The largest absolute Gasteiger partial charge is 0.287 e. The summed E-state index contributed by atoms with van der Waals surface area (Å²) in [7, 11) is 0. The predicted molar refractivity (Wildman–Crippen MR) is 114 cm³/mol. The number of hydrogen-bond donors (Lipinski definition) is 1. The molecule has 136 valence electrons. The van der Waals surface area contributed by atoms with Gasteiger partial charge in [-0.2, -0.15) is 0 Å². The summed E-state index contributed by atoms with van der Waals surface area (Å²) in [6.07, 6.45) is 7.75. The molecule has 3 rings (SSSR count). The molecular weight excluding hydrogens is 332 g/mol. The summed E-state index contributed by atoms with van der Waals surface area (Å²) >= 11 is 0. The third-order valence-electron chi connectivity index (χ3n) is 4.35. The van der Waals surface area contributed by atoms with Crippen LogP contribution in [-0.4, -0.2) is 21.5 Å². The minimum atomic E-state index is 0.372. The molecule has 0 aliphatic rings. The van der Waals surface area contributed by atoms with Gasteiger partial charge in [0.05, 0.1) is 16.9 Å². The quantitative estimate of drug-likeness (QED) is 0.470. The third kappa shape index (κ3) is 4.73. The second kappa shape index (κ2) is 8.99. The molecule has 4 nitrogen and oxygen atoms in total. The van der Waals surface area contributed by atoms with Crippen LogP contribution in [0.5, 0.6) is 0 Å². The fourth-order valence-electron chi connectivity index (χ4n) is 2.99. The van der Waals surface area contributed by atoms with E-state index in [1.807, 2.05) is 55.5 Å². The van der Waals surface area contributed by atoms with Gasteiger partial charge in [0.15, 0.2) is 0 Å². The van der Waals surface area contributed by atoms with E-state index >= 15 is 0 Å². The smallest absolute Gasteiger partial charge is 0.121 e. The number of fused-ring (bicyclic) bond motifs is 1. The summed E-state index contributed by atoms with van der Waals surface area (Å²) in [6.45, 7) is 4.03. The van der Waals surface area contributed by atoms with Crippen LogP contribution in [0.2, 0.25) is 0 Å². The molecule has 0 atom stereocenters. The van der Waals surface area contributed by atoms with E-state index < -0.39 is 0 Å². The number of aromatic nitrogens is 2. The van der Waals surface area contributed by atoms with Gasteiger partial charge in [-0.25, -0.2) is 4.99 Å². The highest BCUT2D eigenvalue weighted by molar-refractivity contribution is 6.08. The lowest BCUT2D eigenvalue weighted by Gasteiger charge is -2.08. The van der Waals surface area contributed by atoms with Crippen molar-refractivity contribution in [2.24, 2.45) is 4.99 Å². The zero-order valence-corrected chi connectivity index (χ0v) is 15.8. The average molecular weight is 356 g/mol. The number of aryl methyl sites for hydroxylation is 1. The summed E-state index contributed by atoms with van der Waals surface area (Å²) in [6, 6.07) is 16.1. The Kier molecular flexibility index (Phi) is 6.21. The highest BCUT2D eigenvalue weighted by Crippen LogP contribution is 2.14. The van der Waals surface area contributed by atoms with Crippen molar-refractivity contribution >= 4 is 28.5 Å². The summed E-state index contributed by atoms with van der Waals surface area (Å²) < 4.78 is 0. The van der Waals surface area contributed by atoms with Crippen LogP contribution >= 0.6 is 0 Å². The molecule has 0 saturated carbocycles. The number of aliphatic imine (C=N–C) groups is 1. The fourth-order valence-corrected chi connectivity index (χ4v) is 2.99. The van der Waals surface area contributed by atoms with Gasteiger partial charge < -0.3 is 0 Å². The Bertz CT molecular complexity index is 1000. The summed E-state index contributed by atoms with van der Waals surface area (Å²) in [4.78, 5) is 13.7. The van der Waals surface area contributed by atoms with E-state index in [0.29, 0.717) is 18.7 Å². The van der Waals surface area contributed by atoms with Gasteiger partial charge >= 0.3 is 0 Å². The molecule has 27 heavy (non-hydrogen) atoms. The molecule has 0 saturated heterocycles. The Morgan fingerprint density at radius 3 is 2.78 bits per heavy atom. The Balaban J connectivity index is 1.74. The highest BCUT2D eigenvalue weighted by atomic mass is 14.8. The topological polar surface area (TPSA) is 62.0 Å². The minimum absolute atomic E-state index is 0.372. The third-order valence-corrected chi connectivity index (χ3v) is 4.35. The Hall–Kier alpha value is -3.14. The SMILES string of the molecule is C/C=C\c1ncccc1/C(CC)=N/C(=N)CCc1ccc2ccccc2n1. The van der Waals surface area contributed by atoms with Crippen LogP contribution in [0.4, 0.5) is 0 Å². The zero-order chi connectivity index (χ0) is 19.1. The first kappa shape index (κ1) is 18.6. The molecule has 4 heteroatoms. The Morgan fingerprint density at radius 2 is 1.96 bits per heavy atom. The number of hydrogen-bond acceptors (Lipinski definition) is 3. The number of para-hydroxylation sites is 1. The van der Waals surface area contributed by atoms with Crippen LogP contribution in [-0.2, 0) is 6.42 Å². The van der Waals surface area contributed by atoms with Gasteiger partial charge in [-0.1, -0.05) is 37.3 Å². The van der Waals surface area contributed by atoms with E-state index in [0.717, 1.165) is 40.0 Å². The molecule has 0 aliphatic carbocycles. The molecule has 1 N–H and O–H groups in total. The van der Waals surface area contributed by atoms with Crippen molar-refractivity contribution in [2.75, 3.05) is 0 Å². The molecule has 0 radical (unpaired) electrons. The molecule has 2 aromatic heterocycles. The second-order valence-electron chi connectivity index (χ2n) is 6.29. The fraction of sp³-hybridized carbons (Fsp3) is 0.217. The van der Waals surface area contributed by atoms with Gasteiger partial charge in [-0.3, -0.25) is 15.4 Å². The first-order valence-corrected chi connectivity index (χ1v) is 9.29. The normalized spacial score (nSPS) is 12.0. The number of nitrogens with one attached hydrogen (secondary N) is 1. The van der Waals surface area contributed by atoms with Gasteiger partial charge in [-0.05, 0) is 50.1 Å². The number of allylic oxidation sites excluding steroid dienone is 1. The maximum atomic E-state index is 8.30. The van der Waals surface area contributed by atoms with E-state index in [1.165, 1.54) is 0 Å². The lowest BCUT2D eigenvalue weighted by molar-refractivity contribution is 0.969. The maximum Gasteiger partial charge on any atom is 0.121 e. The van der Waals surface area contributed by atoms with Crippen molar-refractivity contribution in [3.63, 3.8) is 0 Å². The molecule has 0 bridgehead atoms. The average Bonchev–Trinajstić information content (AvgIpc) is 2.71. The standard InChI is InChI=1S/C23H24N4/c1-3-8-22-19(10-7-16-25-22)20(4-2)27-23(24)15-14-18-13-12-17-9-5-6-11-21(17)26-18/h3,5-13,16,24H,4,14-15H2,1-2H3/b8-3-,24-23?,27-20+. The molecule has 2 heterocycles. The molecule has 0 unspecified atom stereocenters. The first-order chi connectivity index (χ1) is 13.2. The van der Waals surface area contributed by atoms with Crippen molar-refractivity contribution in [1.29, 1.82) is 5.41 Å². The van der Waals surface area contributed by atoms with Gasteiger partial charge in [0.25, 0.3) is 0 Å². The zero-order valence-electron chi connectivity index (χ0n) is 15.8. The summed E-state index contributed by atoms with van der Waals surface area (Å²) in [5.74, 6) is 0.372. The van der Waals surface area contributed by atoms with Crippen LogP contribution in [0.15, 0.2) is 65.8 Å². The molecule has 0 spiro atoms. The highest BCUT2D eigenvalue weighted by Gasteiger charge is 2.08. The molecular formula is C23H24N4. The van der Waals surface area contributed by atoms with Crippen molar-refractivity contribution in [3.05, 3.63) is 77.8 Å².